The molecule has 0 aliphatic heterocycles. The van der Waals surface area contributed by atoms with E-state index in [9.17, 15) is 4.79 Å². The molecule has 0 bridgehead atoms. The second-order valence-corrected chi connectivity index (χ2v) is 5.07. The van der Waals surface area contributed by atoms with Crippen LogP contribution in [0.2, 0.25) is 0 Å². The molecule has 2 aromatic rings. The van der Waals surface area contributed by atoms with E-state index in [0.29, 0.717) is 5.69 Å². The maximum atomic E-state index is 11.9. The molecule has 0 saturated heterocycles. The maximum absolute atomic E-state index is 11.9. The van der Waals surface area contributed by atoms with E-state index >= 15 is 0 Å². The molecule has 1 aromatic carbocycles. The van der Waals surface area contributed by atoms with Crippen LogP contribution in [0.15, 0.2) is 29.6 Å². The van der Waals surface area contributed by atoms with Gasteiger partial charge in [-0.1, -0.05) is 17.7 Å². The first-order chi connectivity index (χ1) is 8.56. The number of nitrogens with one attached hydrogen (secondary N) is 1. The third-order valence-corrected chi connectivity index (χ3v) is 3.50. The summed E-state index contributed by atoms with van der Waals surface area (Å²) in [6, 6.07) is 7.49. The zero-order chi connectivity index (χ0) is 13.1. The summed E-state index contributed by atoms with van der Waals surface area (Å²) in [6.07, 6.45) is 0. The summed E-state index contributed by atoms with van der Waals surface area (Å²) >= 11 is 1.40. The Bertz CT molecular complexity index is 546. The lowest BCUT2D eigenvalue weighted by Gasteiger charge is -2.03. The maximum Gasteiger partial charge on any atom is 0.275 e. The first-order valence-electron chi connectivity index (χ1n) is 5.65. The summed E-state index contributed by atoms with van der Waals surface area (Å²) in [4.78, 5) is 16.1. The van der Waals surface area contributed by atoms with E-state index < -0.39 is 0 Å². The fraction of sp³-hybridized carbons (Fsp3) is 0.231. The van der Waals surface area contributed by atoms with E-state index in [0.717, 1.165) is 16.3 Å². The van der Waals surface area contributed by atoms with E-state index in [1.54, 1.807) is 5.38 Å². The van der Waals surface area contributed by atoms with Gasteiger partial charge in [-0.25, -0.2) is 4.98 Å². The van der Waals surface area contributed by atoms with Crippen LogP contribution in [0.4, 0.5) is 5.69 Å². The average molecular weight is 261 g/mol. The molecule has 2 rings (SSSR count). The predicted octanol–water partition coefficient (Wildman–Crippen LogP) is 2.72. The Morgan fingerprint density at radius 1 is 1.39 bits per heavy atom. The van der Waals surface area contributed by atoms with E-state index in [1.165, 1.54) is 11.3 Å². The number of carbonyl (C=O) groups is 1. The molecule has 1 heterocycles. The molecular formula is C13H15N3OS. The van der Waals surface area contributed by atoms with Crippen LogP contribution in [0.1, 0.15) is 34.0 Å². The Morgan fingerprint density at radius 2 is 2.06 bits per heavy atom. The molecule has 5 heteroatoms. The van der Waals surface area contributed by atoms with Crippen LogP contribution >= 0.6 is 11.3 Å². The van der Waals surface area contributed by atoms with Gasteiger partial charge in [-0.05, 0) is 26.0 Å². The highest BCUT2D eigenvalue weighted by atomic mass is 32.1. The van der Waals surface area contributed by atoms with Gasteiger partial charge in [-0.15, -0.1) is 11.3 Å². The summed E-state index contributed by atoms with van der Waals surface area (Å²) < 4.78 is 0. The Labute approximate surface area is 110 Å². The number of aromatic nitrogens is 1. The van der Waals surface area contributed by atoms with Crippen LogP contribution in [-0.2, 0) is 0 Å². The fourth-order valence-electron chi connectivity index (χ4n) is 1.43. The van der Waals surface area contributed by atoms with Crippen molar-refractivity contribution >= 4 is 22.9 Å². The van der Waals surface area contributed by atoms with Crippen molar-refractivity contribution in [2.75, 3.05) is 5.32 Å². The van der Waals surface area contributed by atoms with Crippen LogP contribution < -0.4 is 11.1 Å². The molecular weight excluding hydrogens is 246 g/mol. The molecule has 1 aromatic heterocycles. The standard InChI is InChI=1S/C13H15N3OS/c1-8-3-5-10(6-4-8)15-12(17)11-7-18-13(16-11)9(2)14/h3-7,9H,14H2,1-2H3,(H,15,17). The Morgan fingerprint density at radius 3 is 2.61 bits per heavy atom. The van der Waals surface area contributed by atoms with Crippen molar-refractivity contribution in [3.05, 3.63) is 45.9 Å². The first-order valence-corrected chi connectivity index (χ1v) is 6.53. The summed E-state index contributed by atoms with van der Waals surface area (Å²) in [5, 5.41) is 5.29. The van der Waals surface area contributed by atoms with Crippen molar-refractivity contribution in [3.63, 3.8) is 0 Å². The first kappa shape index (κ1) is 12.7. The molecule has 1 unspecified atom stereocenters. The van der Waals surface area contributed by atoms with Crippen molar-refractivity contribution in [2.45, 2.75) is 19.9 Å². The predicted molar refractivity (Wildman–Crippen MR) is 73.8 cm³/mol. The van der Waals surface area contributed by atoms with E-state index in [1.807, 2.05) is 38.1 Å². The minimum atomic E-state index is -0.206. The molecule has 3 N–H and O–H groups in total. The third-order valence-electron chi connectivity index (χ3n) is 2.45. The molecule has 0 spiro atoms. The number of nitrogens with two attached hydrogens (primary N) is 1. The molecule has 0 aliphatic rings. The molecule has 0 aliphatic carbocycles. The number of thiazole rings is 1. The molecule has 18 heavy (non-hydrogen) atoms. The van der Waals surface area contributed by atoms with Gasteiger partial charge >= 0.3 is 0 Å². The molecule has 1 amide bonds. The Kier molecular flexibility index (Phi) is 3.74. The van der Waals surface area contributed by atoms with Crippen LogP contribution in [-0.4, -0.2) is 10.9 Å². The smallest absolute Gasteiger partial charge is 0.275 e. The van der Waals surface area contributed by atoms with Gasteiger partial charge < -0.3 is 11.1 Å². The minimum absolute atomic E-state index is 0.143. The van der Waals surface area contributed by atoms with Gasteiger partial charge in [0.05, 0.1) is 6.04 Å². The lowest BCUT2D eigenvalue weighted by atomic mass is 10.2. The number of hydrogen-bond acceptors (Lipinski definition) is 4. The van der Waals surface area contributed by atoms with Crippen LogP contribution in [0.25, 0.3) is 0 Å². The lowest BCUT2D eigenvalue weighted by molar-refractivity contribution is 0.102. The summed E-state index contributed by atoms with van der Waals surface area (Å²) in [5.74, 6) is -0.206. The van der Waals surface area contributed by atoms with Crippen molar-refractivity contribution < 1.29 is 4.79 Å². The van der Waals surface area contributed by atoms with Gasteiger partial charge in [-0.2, -0.15) is 0 Å². The normalized spacial score (nSPS) is 12.2. The van der Waals surface area contributed by atoms with Gasteiger partial charge in [0.25, 0.3) is 5.91 Å². The van der Waals surface area contributed by atoms with Crippen molar-refractivity contribution in [3.8, 4) is 0 Å². The Hall–Kier alpha value is -1.72. The highest BCUT2D eigenvalue weighted by molar-refractivity contribution is 7.09. The van der Waals surface area contributed by atoms with Crippen molar-refractivity contribution in [2.24, 2.45) is 5.73 Å². The van der Waals surface area contributed by atoms with Gasteiger partial charge in [0, 0.05) is 11.1 Å². The highest BCUT2D eigenvalue weighted by Crippen LogP contribution is 2.17. The quantitative estimate of drug-likeness (QED) is 0.892. The van der Waals surface area contributed by atoms with Gasteiger partial charge in [0.1, 0.15) is 10.7 Å². The highest BCUT2D eigenvalue weighted by Gasteiger charge is 2.12. The number of carbonyl (C=O) groups excluding carboxylic acids is 1. The molecule has 0 fully saturated rings. The number of nitrogens with zero attached hydrogens (tertiary/aromatic N) is 1. The summed E-state index contributed by atoms with van der Waals surface area (Å²) in [5.41, 5.74) is 8.04. The van der Waals surface area contributed by atoms with Crippen molar-refractivity contribution in [1.29, 1.82) is 0 Å². The number of benzene rings is 1. The van der Waals surface area contributed by atoms with Gasteiger partial charge in [0.2, 0.25) is 0 Å². The fourth-order valence-corrected chi connectivity index (χ4v) is 2.19. The molecule has 4 nitrogen and oxygen atoms in total. The summed E-state index contributed by atoms with van der Waals surface area (Å²) in [7, 11) is 0. The summed E-state index contributed by atoms with van der Waals surface area (Å²) in [6.45, 7) is 3.85. The number of hydrogen-bond donors (Lipinski definition) is 2. The second-order valence-electron chi connectivity index (χ2n) is 4.18. The molecule has 94 valence electrons. The Balaban J connectivity index is 2.09. The molecule has 0 saturated carbocycles. The SMILES string of the molecule is Cc1ccc(NC(=O)c2csc(C(C)N)n2)cc1. The van der Waals surface area contributed by atoms with E-state index in [-0.39, 0.29) is 11.9 Å². The average Bonchev–Trinajstić information content (AvgIpc) is 2.81. The minimum Gasteiger partial charge on any atom is -0.322 e. The lowest BCUT2D eigenvalue weighted by Crippen LogP contribution is -2.13. The molecule has 0 radical (unpaired) electrons. The monoisotopic (exact) mass is 261 g/mol. The van der Waals surface area contributed by atoms with Crippen molar-refractivity contribution in [1.82, 2.24) is 4.98 Å². The van der Waals surface area contributed by atoms with E-state index in [4.69, 9.17) is 5.73 Å². The van der Waals surface area contributed by atoms with Crippen LogP contribution in [0.3, 0.4) is 0 Å². The van der Waals surface area contributed by atoms with Gasteiger partial charge in [-0.3, -0.25) is 4.79 Å². The molecule has 1 atom stereocenters. The van der Waals surface area contributed by atoms with E-state index in [2.05, 4.69) is 10.3 Å². The number of rotatable bonds is 3. The zero-order valence-electron chi connectivity index (χ0n) is 10.3. The van der Waals surface area contributed by atoms with Crippen LogP contribution in [0.5, 0.6) is 0 Å². The third kappa shape index (κ3) is 2.94. The van der Waals surface area contributed by atoms with Crippen LogP contribution in [0, 0.1) is 6.92 Å². The largest absolute Gasteiger partial charge is 0.322 e. The second kappa shape index (κ2) is 5.29. The van der Waals surface area contributed by atoms with Gasteiger partial charge in [0.15, 0.2) is 0 Å². The number of aryl methyl sites for hydroxylation is 1. The number of amides is 1. The zero-order valence-corrected chi connectivity index (χ0v) is 11.1. The topological polar surface area (TPSA) is 68.0 Å². The number of anilines is 1.